The maximum Gasteiger partial charge on any atom is 0.339 e. The molecule has 2 atom stereocenters. The number of carbonyl (C=O) groups is 2. The first-order chi connectivity index (χ1) is 8.06. The van der Waals surface area contributed by atoms with Gasteiger partial charge in [0.05, 0.1) is 26.9 Å². The van der Waals surface area contributed by atoms with Crippen LogP contribution >= 0.6 is 0 Å². The van der Waals surface area contributed by atoms with Crippen molar-refractivity contribution in [1.82, 2.24) is 5.32 Å². The van der Waals surface area contributed by atoms with Crippen LogP contribution in [0.4, 0.5) is 0 Å². The third-order valence-corrected chi connectivity index (χ3v) is 2.51. The molecule has 96 valence electrons. The minimum Gasteiger partial charge on any atom is -0.496 e. The summed E-state index contributed by atoms with van der Waals surface area (Å²) in [4.78, 5) is 23.2. The molecule has 1 rings (SSSR count). The molecule has 1 aliphatic heterocycles. The first-order valence-corrected chi connectivity index (χ1v) is 5.35. The maximum atomic E-state index is 11.7. The number of rotatable bonds is 4. The molecule has 1 N–H and O–H groups in total. The van der Waals surface area contributed by atoms with Gasteiger partial charge < -0.3 is 14.2 Å². The highest BCUT2D eigenvalue weighted by Gasteiger charge is 2.41. The van der Waals surface area contributed by atoms with Crippen molar-refractivity contribution in [2.75, 3.05) is 20.8 Å². The second kappa shape index (κ2) is 5.67. The lowest BCUT2D eigenvalue weighted by Crippen LogP contribution is -2.39. The van der Waals surface area contributed by atoms with Gasteiger partial charge in [-0.15, -0.1) is 0 Å². The summed E-state index contributed by atoms with van der Waals surface area (Å²) in [6.45, 7) is 4.02. The van der Waals surface area contributed by atoms with E-state index in [0.29, 0.717) is 12.4 Å². The predicted octanol–water partition coefficient (Wildman–Crippen LogP) is -0.0167. The fourth-order valence-electron chi connectivity index (χ4n) is 1.77. The van der Waals surface area contributed by atoms with Gasteiger partial charge in [0.25, 0.3) is 0 Å². The molecule has 6 nitrogen and oxygen atoms in total. The Bertz CT molecular complexity index is 350. The van der Waals surface area contributed by atoms with E-state index in [1.807, 2.05) is 0 Å². The van der Waals surface area contributed by atoms with E-state index in [1.54, 1.807) is 13.8 Å². The number of hydrogen-bond donors (Lipinski definition) is 1. The molecule has 0 radical (unpaired) electrons. The van der Waals surface area contributed by atoms with Gasteiger partial charge in [-0.05, 0) is 13.8 Å². The minimum absolute atomic E-state index is 0.189. The zero-order valence-electron chi connectivity index (χ0n) is 10.4. The van der Waals surface area contributed by atoms with Crippen LogP contribution in [0.1, 0.15) is 13.8 Å². The van der Waals surface area contributed by atoms with Gasteiger partial charge in [0.15, 0.2) is 0 Å². The minimum atomic E-state index is -0.830. The molecular formula is C11H17NO5. The SMILES string of the molecule is CCOC1=C(C(=O)OC)[C@H](C(=O)OC)N[C@H]1C. The third-order valence-electron chi connectivity index (χ3n) is 2.51. The zero-order chi connectivity index (χ0) is 13.0. The number of esters is 2. The topological polar surface area (TPSA) is 73.9 Å². The van der Waals surface area contributed by atoms with Gasteiger partial charge in [0.2, 0.25) is 0 Å². The molecular weight excluding hydrogens is 226 g/mol. The summed E-state index contributed by atoms with van der Waals surface area (Å²) in [7, 11) is 2.53. The van der Waals surface area contributed by atoms with Gasteiger partial charge in [-0.1, -0.05) is 0 Å². The lowest BCUT2D eigenvalue weighted by atomic mass is 10.1. The Morgan fingerprint density at radius 3 is 2.41 bits per heavy atom. The molecule has 0 spiro atoms. The van der Waals surface area contributed by atoms with Crippen LogP contribution in [-0.4, -0.2) is 44.8 Å². The third kappa shape index (κ3) is 2.58. The van der Waals surface area contributed by atoms with Crippen molar-refractivity contribution in [2.24, 2.45) is 0 Å². The van der Waals surface area contributed by atoms with Crippen LogP contribution in [0.15, 0.2) is 11.3 Å². The van der Waals surface area contributed by atoms with Crippen molar-refractivity contribution in [3.8, 4) is 0 Å². The van der Waals surface area contributed by atoms with Crippen molar-refractivity contribution in [3.05, 3.63) is 11.3 Å². The molecule has 0 unspecified atom stereocenters. The highest BCUT2D eigenvalue weighted by molar-refractivity contribution is 5.99. The van der Waals surface area contributed by atoms with Crippen LogP contribution in [0.2, 0.25) is 0 Å². The van der Waals surface area contributed by atoms with Crippen LogP contribution < -0.4 is 5.32 Å². The molecule has 1 heterocycles. The van der Waals surface area contributed by atoms with Gasteiger partial charge in [-0.2, -0.15) is 0 Å². The standard InChI is InChI=1S/C11H17NO5/c1-5-17-9-6(2)12-8(11(14)16-4)7(9)10(13)15-3/h6,8,12H,5H2,1-4H3/t6-,8+/m0/s1. The van der Waals surface area contributed by atoms with Gasteiger partial charge in [-0.25, -0.2) is 9.59 Å². The first-order valence-electron chi connectivity index (χ1n) is 5.35. The number of ether oxygens (including phenoxy) is 3. The van der Waals surface area contributed by atoms with E-state index < -0.39 is 18.0 Å². The van der Waals surface area contributed by atoms with Gasteiger partial charge in [0.1, 0.15) is 17.4 Å². The lowest BCUT2D eigenvalue weighted by Gasteiger charge is -2.11. The summed E-state index contributed by atoms with van der Waals surface area (Å²) in [5.41, 5.74) is 0.189. The van der Waals surface area contributed by atoms with Crippen LogP contribution in [0.5, 0.6) is 0 Å². The second-order valence-corrected chi connectivity index (χ2v) is 3.55. The van der Waals surface area contributed by atoms with E-state index in [1.165, 1.54) is 14.2 Å². The normalized spacial score (nSPS) is 23.5. The molecule has 0 aromatic heterocycles. The summed E-state index contributed by atoms with van der Waals surface area (Å²) in [5.74, 6) is -0.678. The van der Waals surface area contributed by atoms with E-state index in [2.05, 4.69) is 14.8 Å². The Labute approximate surface area is 99.9 Å². The van der Waals surface area contributed by atoms with Gasteiger partial charge >= 0.3 is 11.9 Å². The molecule has 0 aromatic carbocycles. The Morgan fingerprint density at radius 2 is 1.94 bits per heavy atom. The Morgan fingerprint density at radius 1 is 1.29 bits per heavy atom. The van der Waals surface area contributed by atoms with E-state index in [0.717, 1.165) is 0 Å². The van der Waals surface area contributed by atoms with Crippen LogP contribution in [0, 0.1) is 0 Å². The molecule has 6 heteroatoms. The van der Waals surface area contributed by atoms with E-state index in [-0.39, 0.29) is 11.6 Å². The zero-order valence-corrected chi connectivity index (χ0v) is 10.4. The molecule has 17 heavy (non-hydrogen) atoms. The molecule has 0 saturated heterocycles. The molecule has 0 aliphatic carbocycles. The lowest BCUT2D eigenvalue weighted by molar-refractivity contribution is -0.145. The highest BCUT2D eigenvalue weighted by atomic mass is 16.5. The maximum absolute atomic E-state index is 11.7. The van der Waals surface area contributed by atoms with Crippen molar-refractivity contribution >= 4 is 11.9 Å². The Hall–Kier alpha value is -1.56. The summed E-state index contributed by atoms with van der Waals surface area (Å²) in [6.07, 6.45) is 0. The second-order valence-electron chi connectivity index (χ2n) is 3.55. The molecule has 1 aliphatic rings. The van der Waals surface area contributed by atoms with Gasteiger partial charge in [-0.3, -0.25) is 5.32 Å². The van der Waals surface area contributed by atoms with Crippen LogP contribution in [-0.2, 0) is 23.8 Å². The Balaban J connectivity index is 3.11. The van der Waals surface area contributed by atoms with E-state index in [4.69, 9.17) is 4.74 Å². The molecule has 0 saturated carbocycles. The van der Waals surface area contributed by atoms with E-state index in [9.17, 15) is 9.59 Å². The largest absolute Gasteiger partial charge is 0.496 e. The average Bonchev–Trinajstić information content (AvgIpc) is 2.65. The highest BCUT2D eigenvalue weighted by Crippen LogP contribution is 2.24. The molecule has 0 amide bonds. The number of hydrogen-bond acceptors (Lipinski definition) is 6. The molecule has 0 fully saturated rings. The van der Waals surface area contributed by atoms with Crippen molar-refractivity contribution in [2.45, 2.75) is 25.9 Å². The summed E-state index contributed by atoms with van der Waals surface area (Å²) >= 11 is 0. The smallest absolute Gasteiger partial charge is 0.339 e. The number of nitrogens with one attached hydrogen (secondary N) is 1. The first kappa shape index (κ1) is 13.5. The predicted molar refractivity (Wildman–Crippen MR) is 59.1 cm³/mol. The van der Waals surface area contributed by atoms with Gasteiger partial charge in [0, 0.05) is 0 Å². The average molecular weight is 243 g/mol. The quantitative estimate of drug-likeness (QED) is 0.700. The van der Waals surface area contributed by atoms with Crippen molar-refractivity contribution < 1.29 is 23.8 Å². The van der Waals surface area contributed by atoms with Crippen LogP contribution in [0.25, 0.3) is 0 Å². The summed E-state index contributed by atoms with van der Waals surface area (Å²) in [6, 6.07) is -1.06. The van der Waals surface area contributed by atoms with Crippen LogP contribution in [0.3, 0.4) is 0 Å². The van der Waals surface area contributed by atoms with Crippen molar-refractivity contribution in [3.63, 3.8) is 0 Å². The number of methoxy groups -OCH3 is 2. The number of carbonyl (C=O) groups excluding carboxylic acids is 2. The molecule has 0 aromatic rings. The van der Waals surface area contributed by atoms with E-state index >= 15 is 0 Å². The Kier molecular flexibility index (Phi) is 4.51. The van der Waals surface area contributed by atoms with Crippen molar-refractivity contribution in [1.29, 1.82) is 0 Å². The monoisotopic (exact) mass is 243 g/mol. The molecule has 0 bridgehead atoms. The summed E-state index contributed by atoms with van der Waals surface area (Å²) in [5, 5.41) is 2.93. The summed E-state index contributed by atoms with van der Waals surface area (Å²) < 4.78 is 14.7. The fourth-order valence-corrected chi connectivity index (χ4v) is 1.77. The fraction of sp³-hybridized carbons (Fsp3) is 0.636.